The van der Waals surface area contributed by atoms with Gasteiger partial charge in [-0.1, -0.05) is 24.4 Å². The molecule has 0 bridgehead atoms. The first-order valence-corrected chi connectivity index (χ1v) is 9.04. The molecule has 20 heavy (non-hydrogen) atoms. The van der Waals surface area contributed by atoms with E-state index in [0.29, 0.717) is 17.6 Å². The molecule has 1 saturated carbocycles. The number of sulfonamides is 1. The molecule has 4 nitrogen and oxygen atoms in total. The molecule has 1 saturated heterocycles. The third-order valence-corrected chi connectivity index (χ3v) is 6.63. The van der Waals surface area contributed by atoms with Crippen LogP contribution in [0, 0.1) is 5.92 Å². The number of rotatable bonds is 2. The summed E-state index contributed by atoms with van der Waals surface area (Å²) in [5.74, 6) is 0.535. The molecule has 110 valence electrons. The second-order valence-electron chi connectivity index (χ2n) is 5.69. The van der Waals surface area contributed by atoms with Crippen LogP contribution in [0.15, 0.2) is 23.2 Å². The normalized spacial score (nSPS) is 28.1. The van der Waals surface area contributed by atoms with Gasteiger partial charge >= 0.3 is 0 Å². The monoisotopic (exact) mass is 314 g/mol. The van der Waals surface area contributed by atoms with Gasteiger partial charge in [0, 0.05) is 18.8 Å². The first kappa shape index (κ1) is 14.3. The quantitative estimate of drug-likeness (QED) is 0.788. The van der Waals surface area contributed by atoms with Crippen LogP contribution in [-0.4, -0.2) is 30.3 Å². The Bertz CT molecular complexity index is 571. The van der Waals surface area contributed by atoms with Crippen molar-refractivity contribution in [3.05, 3.63) is 23.5 Å². The maximum absolute atomic E-state index is 12.8. The van der Waals surface area contributed by atoms with Gasteiger partial charge in [0.25, 0.3) is 0 Å². The SMILES string of the molecule is O=S(=O)(c1ccc(Cl)nc1)N1CCC[C@H]2CCCC[C@H]21. The standard InChI is InChI=1S/C14H19ClN2O2S/c15-14-8-7-12(10-16-14)20(18,19)17-9-3-5-11-4-1-2-6-13(11)17/h7-8,10-11,13H,1-6,9H2/t11-,13-/m1/s1. The molecule has 2 atom stereocenters. The molecular formula is C14H19ClN2O2S. The van der Waals surface area contributed by atoms with E-state index in [0.717, 1.165) is 32.1 Å². The van der Waals surface area contributed by atoms with Crippen molar-refractivity contribution in [3.63, 3.8) is 0 Å². The molecule has 1 aliphatic heterocycles. The van der Waals surface area contributed by atoms with Crippen LogP contribution in [0.1, 0.15) is 38.5 Å². The Labute approximate surface area is 125 Å². The number of aromatic nitrogens is 1. The molecule has 0 radical (unpaired) electrons. The zero-order chi connectivity index (χ0) is 14.2. The number of nitrogens with zero attached hydrogens (tertiary/aromatic N) is 2. The maximum atomic E-state index is 12.8. The van der Waals surface area contributed by atoms with Crippen molar-refractivity contribution < 1.29 is 8.42 Å². The molecule has 0 aromatic carbocycles. The Hall–Kier alpha value is -0.650. The summed E-state index contributed by atoms with van der Waals surface area (Å²) in [5.41, 5.74) is 0. The van der Waals surface area contributed by atoms with Crippen molar-refractivity contribution in [1.82, 2.24) is 9.29 Å². The molecule has 2 aliphatic rings. The largest absolute Gasteiger partial charge is 0.244 e. The lowest BCUT2D eigenvalue weighted by molar-refractivity contribution is 0.129. The van der Waals surface area contributed by atoms with Gasteiger partial charge in [0.1, 0.15) is 10.0 Å². The first-order chi connectivity index (χ1) is 9.59. The smallest absolute Gasteiger partial charge is 0.243 e. The highest BCUT2D eigenvalue weighted by atomic mass is 35.5. The molecule has 1 aromatic heterocycles. The number of pyridine rings is 1. The van der Waals surface area contributed by atoms with E-state index >= 15 is 0 Å². The van der Waals surface area contributed by atoms with E-state index in [-0.39, 0.29) is 10.9 Å². The van der Waals surface area contributed by atoms with Gasteiger partial charge in [0.05, 0.1) is 0 Å². The van der Waals surface area contributed by atoms with Crippen LogP contribution in [0.25, 0.3) is 0 Å². The van der Waals surface area contributed by atoms with Crippen LogP contribution >= 0.6 is 11.6 Å². The van der Waals surface area contributed by atoms with E-state index in [1.165, 1.54) is 18.7 Å². The minimum atomic E-state index is -3.44. The summed E-state index contributed by atoms with van der Waals surface area (Å²) < 4.78 is 27.3. The Morgan fingerprint density at radius 1 is 1.15 bits per heavy atom. The van der Waals surface area contributed by atoms with Crippen molar-refractivity contribution >= 4 is 21.6 Å². The summed E-state index contributed by atoms with van der Waals surface area (Å²) in [4.78, 5) is 4.16. The zero-order valence-corrected chi connectivity index (χ0v) is 12.9. The van der Waals surface area contributed by atoms with E-state index in [4.69, 9.17) is 11.6 Å². The van der Waals surface area contributed by atoms with Gasteiger partial charge in [-0.05, 0) is 43.7 Å². The molecule has 2 heterocycles. The van der Waals surface area contributed by atoms with Crippen molar-refractivity contribution in [2.24, 2.45) is 5.92 Å². The Kier molecular flexibility index (Phi) is 4.02. The number of halogens is 1. The molecule has 2 fully saturated rings. The van der Waals surface area contributed by atoms with Gasteiger partial charge in [-0.3, -0.25) is 0 Å². The van der Waals surface area contributed by atoms with Crippen LogP contribution in [0.5, 0.6) is 0 Å². The summed E-state index contributed by atoms with van der Waals surface area (Å²) in [6, 6.07) is 3.27. The van der Waals surface area contributed by atoms with Crippen molar-refractivity contribution in [1.29, 1.82) is 0 Å². The fourth-order valence-electron chi connectivity index (χ4n) is 3.53. The highest BCUT2D eigenvalue weighted by molar-refractivity contribution is 7.89. The summed E-state index contributed by atoms with van der Waals surface area (Å²) in [6.07, 6.45) is 8.01. The average Bonchev–Trinajstić information content (AvgIpc) is 2.47. The minimum Gasteiger partial charge on any atom is -0.243 e. The predicted octanol–water partition coefficient (Wildman–Crippen LogP) is 3.08. The van der Waals surface area contributed by atoms with E-state index in [2.05, 4.69) is 4.98 Å². The Morgan fingerprint density at radius 2 is 1.90 bits per heavy atom. The van der Waals surface area contributed by atoms with Gasteiger partial charge in [-0.25, -0.2) is 13.4 Å². The highest BCUT2D eigenvalue weighted by Crippen LogP contribution is 2.37. The zero-order valence-electron chi connectivity index (χ0n) is 11.3. The maximum Gasteiger partial charge on any atom is 0.244 e. The third-order valence-electron chi connectivity index (χ3n) is 4.50. The topological polar surface area (TPSA) is 50.3 Å². The van der Waals surface area contributed by atoms with Crippen molar-refractivity contribution in [2.45, 2.75) is 49.5 Å². The molecule has 1 aromatic rings. The lowest BCUT2D eigenvalue weighted by Gasteiger charge is -2.43. The van der Waals surface area contributed by atoms with Gasteiger partial charge in [-0.15, -0.1) is 0 Å². The molecule has 1 aliphatic carbocycles. The third kappa shape index (κ3) is 2.59. The summed E-state index contributed by atoms with van der Waals surface area (Å²) in [5, 5.41) is 0.318. The van der Waals surface area contributed by atoms with Crippen LogP contribution in [0.4, 0.5) is 0 Å². The van der Waals surface area contributed by atoms with E-state index < -0.39 is 10.0 Å². The van der Waals surface area contributed by atoms with Gasteiger partial charge in [-0.2, -0.15) is 4.31 Å². The summed E-state index contributed by atoms with van der Waals surface area (Å²) >= 11 is 5.74. The molecule has 0 N–H and O–H groups in total. The van der Waals surface area contributed by atoms with Gasteiger partial charge in [0.2, 0.25) is 10.0 Å². The predicted molar refractivity (Wildman–Crippen MR) is 78.1 cm³/mol. The number of fused-ring (bicyclic) bond motifs is 1. The first-order valence-electron chi connectivity index (χ1n) is 7.22. The highest BCUT2D eigenvalue weighted by Gasteiger charge is 2.39. The van der Waals surface area contributed by atoms with Crippen LogP contribution in [0.3, 0.4) is 0 Å². The number of hydrogen-bond donors (Lipinski definition) is 0. The van der Waals surface area contributed by atoms with Crippen molar-refractivity contribution in [3.8, 4) is 0 Å². The van der Waals surface area contributed by atoms with E-state index in [1.807, 2.05) is 0 Å². The van der Waals surface area contributed by atoms with E-state index in [9.17, 15) is 8.42 Å². The second kappa shape index (κ2) is 5.62. The number of hydrogen-bond acceptors (Lipinski definition) is 3. The van der Waals surface area contributed by atoms with Gasteiger partial charge < -0.3 is 0 Å². The minimum absolute atomic E-state index is 0.179. The molecule has 0 amide bonds. The molecular weight excluding hydrogens is 296 g/mol. The van der Waals surface area contributed by atoms with Crippen molar-refractivity contribution in [2.75, 3.05) is 6.54 Å². The van der Waals surface area contributed by atoms with Crippen LogP contribution < -0.4 is 0 Å². The molecule has 0 spiro atoms. The van der Waals surface area contributed by atoms with E-state index in [1.54, 1.807) is 10.4 Å². The lowest BCUT2D eigenvalue weighted by atomic mass is 9.79. The van der Waals surface area contributed by atoms with Gasteiger partial charge in [0.15, 0.2) is 0 Å². The lowest BCUT2D eigenvalue weighted by Crippen LogP contribution is -2.49. The van der Waals surface area contributed by atoms with Crippen LogP contribution in [0.2, 0.25) is 5.15 Å². The fraction of sp³-hybridized carbons (Fsp3) is 0.643. The number of piperidine rings is 1. The molecule has 6 heteroatoms. The fourth-order valence-corrected chi connectivity index (χ4v) is 5.34. The average molecular weight is 315 g/mol. The summed E-state index contributed by atoms with van der Waals surface area (Å²) in [7, 11) is -3.44. The van der Waals surface area contributed by atoms with Crippen LogP contribution in [-0.2, 0) is 10.0 Å². The Morgan fingerprint density at radius 3 is 2.65 bits per heavy atom. The Balaban J connectivity index is 1.91. The molecule has 3 rings (SSSR count). The second-order valence-corrected chi connectivity index (χ2v) is 7.96. The summed E-state index contributed by atoms with van der Waals surface area (Å²) in [6.45, 7) is 0.631. The molecule has 0 unspecified atom stereocenters.